The van der Waals surface area contributed by atoms with E-state index in [0.717, 1.165) is 45.6 Å². The first-order valence-corrected chi connectivity index (χ1v) is 8.37. The third kappa shape index (κ3) is 5.78. The van der Waals surface area contributed by atoms with Gasteiger partial charge in [-0.1, -0.05) is 30.3 Å². The number of aliphatic carboxylic acids is 1. The van der Waals surface area contributed by atoms with Crippen LogP contribution in [-0.2, 0) is 11.3 Å². The third-order valence-corrected chi connectivity index (χ3v) is 4.40. The molecule has 1 aliphatic rings. The summed E-state index contributed by atoms with van der Waals surface area (Å²) in [4.78, 5) is 15.6. The second-order valence-corrected chi connectivity index (χ2v) is 6.31. The molecule has 4 heteroatoms. The molecule has 0 bridgehead atoms. The fourth-order valence-corrected chi connectivity index (χ4v) is 3.21. The first-order chi connectivity index (χ1) is 10.6. The molecule has 1 aliphatic heterocycles. The van der Waals surface area contributed by atoms with Gasteiger partial charge in [0.05, 0.1) is 0 Å². The molecule has 0 aromatic heterocycles. The predicted octanol–water partition coefficient (Wildman–Crippen LogP) is 2.84. The number of carbonyl (C=O) groups is 1. The Bertz CT molecular complexity index is 450. The van der Waals surface area contributed by atoms with E-state index in [-0.39, 0.29) is 0 Å². The van der Waals surface area contributed by atoms with Crippen molar-refractivity contribution in [1.29, 1.82) is 0 Å². The second kappa shape index (κ2) is 8.91. The fourth-order valence-electron chi connectivity index (χ4n) is 3.21. The number of rotatable bonds is 7. The highest BCUT2D eigenvalue weighted by Crippen LogP contribution is 2.14. The van der Waals surface area contributed by atoms with Gasteiger partial charge in [0, 0.05) is 25.6 Å². The number of unbranched alkanes of at least 4 members (excludes halogenated alkanes) is 1. The lowest BCUT2D eigenvalue weighted by Crippen LogP contribution is -2.39. The van der Waals surface area contributed by atoms with E-state index < -0.39 is 5.97 Å². The van der Waals surface area contributed by atoms with E-state index >= 15 is 0 Å². The number of hydrogen-bond donors (Lipinski definition) is 1. The molecule has 1 aromatic rings. The average molecular weight is 304 g/mol. The van der Waals surface area contributed by atoms with E-state index in [0.29, 0.717) is 12.5 Å². The fraction of sp³-hybridized carbons (Fsp3) is 0.611. The van der Waals surface area contributed by atoms with E-state index in [4.69, 9.17) is 5.11 Å². The first kappa shape index (κ1) is 17.0. The molecule has 22 heavy (non-hydrogen) atoms. The monoisotopic (exact) mass is 304 g/mol. The molecular weight excluding hydrogens is 276 g/mol. The highest BCUT2D eigenvalue weighted by molar-refractivity contribution is 5.66. The molecule has 0 saturated carbocycles. The van der Waals surface area contributed by atoms with Crippen LogP contribution in [-0.4, -0.2) is 53.1 Å². The first-order valence-electron chi connectivity index (χ1n) is 8.37. The van der Waals surface area contributed by atoms with E-state index in [1.807, 2.05) is 0 Å². The summed E-state index contributed by atoms with van der Waals surface area (Å²) in [5.74, 6) is -0.682. The molecular formula is C18H28N2O2. The van der Waals surface area contributed by atoms with E-state index in [1.54, 1.807) is 0 Å². The van der Waals surface area contributed by atoms with Gasteiger partial charge >= 0.3 is 5.97 Å². The zero-order valence-corrected chi connectivity index (χ0v) is 13.6. The van der Waals surface area contributed by atoms with Crippen molar-refractivity contribution in [3.8, 4) is 0 Å². The van der Waals surface area contributed by atoms with Crippen LogP contribution in [0.5, 0.6) is 0 Å². The maximum Gasteiger partial charge on any atom is 0.303 e. The molecule has 0 aliphatic carbocycles. The molecule has 2 rings (SSSR count). The maximum absolute atomic E-state index is 10.6. The molecule has 122 valence electrons. The molecule has 1 aromatic carbocycles. The Hall–Kier alpha value is -1.39. The topological polar surface area (TPSA) is 43.8 Å². The van der Waals surface area contributed by atoms with Crippen molar-refractivity contribution in [3.05, 3.63) is 35.9 Å². The highest BCUT2D eigenvalue weighted by Gasteiger charge is 2.21. The zero-order chi connectivity index (χ0) is 15.8. The molecule has 0 spiro atoms. The third-order valence-electron chi connectivity index (χ3n) is 4.40. The highest BCUT2D eigenvalue weighted by atomic mass is 16.4. The number of hydrogen-bond acceptors (Lipinski definition) is 3. The minimum absolute atomic E-state index is 0.294. The van der Waals surface area contributed by atoms with Crippen LogP contribution >= 0.6 is 0 Å². The Morgan fingerprint density at radius 2 is 2.00 bits per heavy atom. The normalized spacial score (nSPS) is 20.7. The number of carboxylic acid groups (broad SMARTS) is 1. The Balaban J connectivity index is 1.77. The summed E-state index contributed by atoms with van der Waals surface area (Å²) in [6.45, 7) is 7.70. The van der Waals surface area contributed by atoms with Crippen molar-refractivity contribution in [2.45, 2.75) is 45.2 Å². The van der Waals surface area contributed by atoms with Gasteiger partial charge in [0.1, 0.15) is 0 Å². The molecule has 0 radical (unpaired) electrons. The van der Waals surface area contributed by atoms with Crippen LogP contribution in [0.2, 0.25) is 0 Å². The predicted molar refractivity (Wildman–Crippen MR) is 88.9 cm³/mol. The minimum Gasteiger partial charge on any atom is -0.481 e. The summed E-state index contributed by atoms with van der Waals surface area (Å²) in [6.07, 6.45) is 3.25. The Morgan fingerprint density at radius 1 is 1.23 bits per heavy atom. The number of carboxylic acids is 1. The summed E-state index contributed by atoms with van der Waals surface area (Å²) < 4.78 is 0. The van der Waals surface area contributed by atoms with Crippen LogP contribution in [0.4, 0.5) is 0 Å². The Labute approximate surface area is 133 Å². The van der Waals surface area contributed by atoms with E-state index in [2.05, 4.69) is 47.1 Å². The van der Waals surface area contributed by atoms with Crippen molar-refractivity contribution in [1.82, 2.24) is 9.80 Å². The zero-order valence-electron chi connectivity index (χ0n) is 13.6. The van der Waals surface area contributed by atoms with Gasteiger partial charge in [-0.2, -0.15) is 0 Å². The van der Waals surface area contributed by atoms with Crippen LogP contribution in [0.25, 0.3) is 0 Å². The van der Waals surface area contributed by atoms with Gasteiger partial charge < -0.3 is 5.11 Å². The van der Waals surface area contributed by atoms with Gasteiger partial charge in [0.25, 0.3) is 0 Å². The van der Waals surface area contributed by atoms with Gasteiger partial charge in [-0.05, 0) is 51.4 Å². The van der Waals surface area contributed by atoms with Crippen molar-refractivity contribution in [3.63, 3.8) is 0 Å². The SMILES string of the molecule is CC1CN(Cc2ccccc2)CCCN1CCCCC(=O)O. The molecule has 1 saturated heterocycles. The van der Waals surface area contributed by atoms with Crippen LogP contribution in [0, 0.1) is 0 Å². The largest absolute Gasteiger partial charge is 0.481 e. The van der Waals surface area contributed by atoms with Gasteiger partial charge in [-0.25, -0.2) is 0 Å². The van der Waals surface area contributed by atoms with Crippen LogP contribution in [0.3, 0.4) is 0 Å². The van der Waals surface area contributed by atoms with Crippen LogP contribution < -0.4 is 0 Å². The maximum atomic E-state index is 10.6. The number of nitrogens with zero attached hydrogens (tertiary/aromatic N) is 2. The van der Waals surface area contributed by atoms with Crippen molar-refractivity contribution >= 4 is 5.97 Å². The summed E-state index contributed by atoms with van der Waals surface area (Å²) in [6, 6.07) is 11.2. The van der Waals surface area contributed by atoms with Crippen LogP contribution in [0.15, 0.2) is 30.3 Å². The minimum atomic E-state index is -0.682. The lowest BCUT2D eigenvalue weighted by Gasteiger charge is -2.29. The van der Waals surface area contributed by atoms with Crippen molar-refractivity contribution < 1.29 is 9.90 Å². The van der Waals surface area contributed by atoms with E-state index in [1.165, 1.54) is 12.0 Å². The molecule has 1 N–H and O–H groups in total. The summed E-state index contributed by atoms with van der Waals surface area (Å²) >= 11 is 0. The molecule has 1 unspecified atom stereocenters. The molecule has 1 heterocycles. The number of benzene rings is 1. The van der Waals surface area contributed by atoms with Crippen molar-refractivity contribution in [2.24, 2.45) is 0 Å². The van der Waals surface area contributed by atoms with Crippen molar-refractivity contribution in [2.75, 3.05) is 26.2 Å². The summed E-state index contributed by atoms with van der Waals surface area (Å²) in [7, 11) is 0. The molecule has 4 nitrogen and oxygen atoms in total. The lowest BCUT2D eigenvalue weighted by atomic mass is 10.2. The second-order valence-electron chi connectivity index (χ2n) is 6.31. The molecule has 0 amide bonds. The summed E-state index contributed by atoms with van der Waals surface area (Å²) in [5.41, 5.74) is 1.38. The van der Waals surface area contributed by atoms with Gasteiger partial charge in [0.15, 0.2) is 0 Å². The molecule has 1 fully saturated rings. The van der Waals surface area contributed by atoms with Gasteiger partial charge in [-0.15, -0.1) is 0 Å². The van der Waals surface area contributed by atoms with Crippen LogP contribution in [0.1, 0.15) is 38.2 Å². The van der Waals surface area contributed by atoms with Gasteiger partial charge in [0.2, 0.25) is 0 Å². The standard InChI is InChI=1S/C18H28N2O2/c1-16-14-19(15-17-8-3-2-4-9-17)11-7-13-20(16)12-6-5-10-18(21)22/h2-4,8-9,16H,5-7,10-15H2,1H3,(H,21,22). The van der Waals surface area contributed by atoms with E-state index in [9.17, 15) is 4.79 Å². The Morgan fingerprint density at radius 3 is 2.73 bits per heavy atom. The quantitative estimate of drug-likeness (QED) is 0.787. The van der Waals surface area contributed by atoms with Gasteiger partial charge in [-0.3, -0.25) is 14.6 Å². The summed E-state index contributed by atoms with van der Waals surface area (Å²) in [5, 5.41) is 8.70. The Kier molecular flexibility index (Phi) is 6.87. The molecule has 1 atom stereocenters. The lowest BCUT2D eigenvalue weighted by molar-refractivity contribution is -0.137. The smallest absolute Gasteiger partial charge is 0.303 e. The average Bonchev–Trinajstić information content (AvgIpc) is 2.66.